The molecule has 1 saturated heterocycles. The summed E-state index contributed by atoms with van der Waals surface area (Å²) in [4.78, 5) is 15.0. The standard InChI is InChI=1S/C25H37N3O4/c1-14-23(30)20(27-28-26)13-22(31-14)32-21-7-6-18-17-5-4-15-12-16(29)8-10-24(15,2)19(17)9-11-25(18,21)3/h12,14,17-23,30H,4-11,13H2,1-3H3/t14-,17-,18-,19-,20+,21-,22-,23-,24-,25-/m0/s1. The van der Waals surface area contributed by atoms with Crippen LogP contribution in [0, 0.1) is 28.6 Å². The summed E-state index contributed by atoms with van der Waals surface area (Å²) in [6.07, 6.45) is 9.39. The number of aliphatic hydroxyl groups is 1. The van der Waals surface area contributed by atoms with Crippen LogP contribution in [0.3, 0.4) is 0 Å². The van der Waals surface area contributed by atoms with Gasteiger partial charge in [0.15, 0.2) is 12.1 Å². The molecule has 1 aliphatic heterocycles. The van der Waals surface area contributed by atoms with Crippen LogP contribution in [0.4, 0.5) is 0 Å². The van der Waals surface area contributed by atoms with E-state index in [9.17, 15) is 9.90 Å². The normalized spacial score (nSPS) is 50.5. The molecule has 4 aliphatic carbocycles. The predicted octanol–water partition coefficient (Wildman–Crippen LogP) is 5.08. The summed E-state index contributed by atoms with van der Waals surface area (Å²) >= 11 is 0. The number of fused-ring (bicyclic) bond motifs is 5. The fourth-order valence-corrected chi connectivity index (χ4v) is 8.21. The van der Waals surface area contributed by atoms with Crippen LogP contribution in [0.5, 0.6) is 0 Å². The lowest BCUT2D eigenvalue weighted by Gasteiger charge is -2.58. The molecule has 176 valence electrons. The van der Waals surface area contributed by atoms with Gasteiger partial charge < -0.3 is 14.6 Å². The summed E-state index contributed by atoms with van der Waals surface area (Å²) in [7, 11) is 0. The van der Waals surface area contributed by atoms with E-state index in [0.717, 1.165) is 25.7 Å². The zero-order valence-electron chi connectivity index (χ0n) is 19.6. The Morgan fingerprint density at radius 3 is 2.78 bits per heavy atom. The molecule has 7 nitrogen and oxygen atoms in total. The molecule has 7 heteroatoms. The highest BCUT2D eigenvalue weighted by Crippen LogP contribution is 2.65. The van der Waals surface area contributed by atoms with Crippen molar-refractivity contribution in [3.63, 3.8) is 0 Å². The van der Waals surface area contributed by atoms with Crippen LogP contribution in [-0.2, 0) is 14.3 Å². The van der Waals surface area contributed by atoms with Crippen molar-refractivity contribution < 1.29 is 19.4 Å². The number of azide groups is 1. The SMILES string of the molecule is C[C@@H]1O[C@@H](O[C@H]2CC[C@H]3[C@@H]4CCC5=CC(=O)CC[C@]5(C)[C@H]4CC[C@]23C)C[C@@H](N=[N+]=[N-])[C@H]1O. The third-order valence-corrected chi connectivity index (χ3v) is 10.1. The van der Waals surface area contributed by atoms with E-state index in [0.29, 0.717) is 36.4 Å². The zero-order valence-corrected chi connectivity index (χ0v) is 19.6. The summed E-state index contributed by atoms with van der Waals surface area (Å²) in [5, 5.41) is 14.1. The lowest BCUT2D eigenvalue weighted by molar-refractivity contribution is -0.255. The first kappa shape index (κ1) is 22.4. The van der Waals surface area contributed by atoms with Gasteiger partial charge in [0.2, 0.25) is 0 Å². The first-order valence-corrected chi connectivity index (χ1v) is 12.5. The Kier molecular flexibility index (Phi) is 5.68. The number of ketones is 1. The van der Waals surface area contributed by atoms with Gasteiger partial charge in [-0.05, 0) is 92.1 Å². The highest BCUT2D eigenvalue weighted by Gasteiger charge is 2.59. The Morgan fingerprint density at radius 1 is 1.19 bits per heavy atom. The molecule has 32 heavy (non-hydrogen) atoms. The maximum atomic E-state index is 12.0. The summed E-state index contributed by atoms with van der Waals surface area (Å²) in [6.45, 7) is 6.65. The second-order valence-electron chi connectivity index (χ2n) is 11.5. The number of rotatable bonds is 3. The molecule has 0 aromatic heterocycles. The molecular weight excluding hydrogens is 406 g/mol. The molecule has 0 bridgehead atoms. The monoisotopic (exact) mass is 443 g/mol. The minimum absolute atomic E-state index is 0.125. The minimum atomic E-state index is -0.791. The summed E-state index contributed by atoms with van der Waals surface area (Å²) in [6, 6.07) is -0.507. The second kappa shape index (κ2) is 8.12. The van der Waals surface area contributed by atoms with Crippen molar-refractivity contribution >= 4 is 5.78 Å². The number of carbonyl (C=O) groups excluding carboxylic acids is 1. The molecule has 0 spiro atoms. The van der Waals surface area contributed by atoms with Crippen LogP contribution in [0.15, 0.2) is 16.8 Å². The second-order valence-corrected chi connectivity index (χ2v) is 11.5. The molecule has 10 atom stereocenters. The zero-order chi connectivity index (χ0) is 22.7. The number of carbonyl (C=O) groups is 1. The van der Waals surface area contributed by atoms with Crippen molar-refractivity contribution in [2.75, 3.05) is 0 Å². The van der Waals surface area contributed by atoms with Gasteiger partial charge in [-0.3, -0.25) is 4.79 Å². The van der Waals surface area contributed by atoms with E-state index < -0.39 is 24.5 Å². The van der Waals surface area contributed by atoms with E-state index in [1.165, 1.54) is 24.8 Å². The third-order valence-electron chi connectivity index (χ3n) is 10.1. The Hall–Kier alpha value is -1.40. The van der Waals surface area contributed by atoms with Crippen molar-refractivity contribution in [2.24, 2.45) is 33.7 Å². The third kappa shape index (κ3) is 3.44. The van der Waals surface area contributed by atoms with E-state index >= 15 is 0 Å². The first-order valence-electron chi connectivity index (χ1n) is 12.5. The van der Waals surface area contributed by atoms with Crippen LogP contribution in [0.1, 0.15) is 78.6 Å². The number of hydrogen-bond donors (Lipinski definition) is 1. The fourth-order valence-electron chi connectivity index (χ4n) is 8.21. The number of allylic oxidation sites excluding steroid dienone is 1. The molecule has 4 fully saturated rings. The number of aliphatic hydroxyl groups excluding tert-OH is 1. The molecule has 0 amide bonds. The van der Waals surface area contributed by atoms with Crippen molar-refractivity contribution in [3.05, 3.63) is 22.1 Å². The van der Waals surface area contributed by atoms with Crippen molar-refractivity contribution in [3.8, 4) is 0 Å². The van der Waals surface area contributed by atoms with Gasteiger partial charge in [-0.1, -0.05) is 24.5 Å². The van der Waals surface area contributed by atoms with E-state index in [1.54, 1.807) is 0 Å². The van der Waals surface area contributed by atoms with Crippen LogP contribution in [0.2, 0.25) is 0 Å². The Bertz CT molecular complexity index is 854. The average Bonchev–Trinajstić information content (AvgIpc) is 3.08. The van der Waals surface area contributed by atoms with E-state index in [2.05, 4.69) is 23.9 Å². The van der Waals surface area contributed by atoms with Gasteiger partial charge in [-0.15, -0.1) is 0 Å². The maximum absolute atomic E-state index is 12.0. The predicted molar refractivity (Wildman–Crippen MR) is 119 cm³/mol. The lowest BCUT2D eigenvalue weighted by Crippen LogP contribution is -2.53. The van der Waals surface area contributed by atoms with E-state index in [1.807, 2.05) is 13.0 Å². The number of nitrogens with zero attached hydrogens (tertiary/aromatic N) is 3. The van der Waals surface area contributed by atoms with Crippen LogP contribution in [0.25, 0.3) is 10.4 Å². The van der Waals surface area contributed by atoms with E-state index in [-0.39, 0.29) is 16.9 Å². The Labute approximate surface area is 190 Å². The molecule has 0 unspecified atom stereocenters. The van der Waals surface area contributed by atoms with Crippen molar-refractivity contribution in [1.82, 2.24) is 0 Å². The molecule has 1 heterocycles. The average molecular weight is 444 g/mol. The van der Waals surface area contributed by atoms with Crippen LogP contribution in [-0.4, -0.2) is 41.5 Å². The molecule has 5 rings (SSSR count). The topological polar surface area (TPSA) is 105 Å². The molecule has 0 radical (unpaired) electrons. The summed E-state index contributed by atoms with van der Waals surface area (Å²) in [5.41, 5.74) is 10.6. The van der Waals surface area contributed by atoms with Gasteiger partial charge in [-0.25, -0.2) is 0 Å². The van der Waals surface area contributed by atoms with Gasteiger partial charge in [-0.2, -0.15) is 0 Å². The molecular formula is C25H37N3O4. The van der Waals surface area contributed by atoms with E-state index in [4.69, 9.17) is 15.0 Å². The smallest absolute Gasteiger partial charge is 0.158 e. The first-order chi connectivity index (χ1) is 15.3. The van der Waals surface area contributed by atoms with Gasteiger partial charge in [0.1, 0.15) is 0 Å². The van der Waals surface area contributed by atoms with Gasteiger partial charge in [0, 0.05) is 17.8 Å². The highest BCUT2D eigenvalue weighted by atomic mass is 16.7. The number of hydrogen-bond acceptors (Lipinski definition) is 5. The largest absolute Gasteiger partial charge is 0.390 e. The minimum Gasteiger partial charge on any atom is -0.390 e. The number of ether oxygens (including phenoxy) is 2. The molecule has 0 aromatic rings. The van der Waals surface area contributed by atoms with Gasteiger partial charge >= 0.3 is 0 Å². The fraction of sp³-hybridized carbons (Fsp3) is 0.880. The maximum Gasteiger partial charge on any atom is 0.158 e. The molecule has 3 saturated carbocycles. The summed E-state index contributed by atoms with van der Waals surface area (Å²) in [5.74, 6) is 2.32. The molecule has 1 N–H and O–H groups in total. The van der Waals surface area contributed by atoms with Crippen LogP contribution < -0.4 is 0 Å². The quantitative estimate of drug-likeness (QED) is 0.373. The van der Waals surface area contributed by atoms with Crippen LogP contribution >= 0.6 is 0 Å². The Balaban J connectivity index is 1.32. The molecule has 0 aromatic carbocycles. The van der Waals surface area contributed by atoms with Gasteiger partial charge in [0.05, 0.1) is 24.4 Å². The lowest BCUT2D eigenvalue weighted by atomic mass is 9.47. The van der Waals surface area contributed by atoms with Crippen molar-refractivity contribution in [1.29, 1.82) is 0 Å². The molecule has 5 aliphatic rings. The highest BCUT2D eigenvalue weighted by molar-refractivity contribution is 5.91. The van der Waals surface area contributed by atoms with Crippen molar-refractivity contribution in [2.45, 2.75) is 109 Å². The summed E-state index contributed by atoms with van der Waals surface area (Å²) < 4.78 is 12.5. The Morgan fingerprint density at radius 2 is 2.00 bits per heavy atom. The van der Waals surface area contributed by atoms with Gasteiger partial charge in [0.25, 0.3) is 0 Å².